The van der Waals surface area contributed by atoms with Gasteiger partial charge in [-0.3, -0.25) is 10.1 Å². The Morgan fingerprint density at radius 3 is 2.59 bits per heavy atom. The molecule has 5 N–H and O–H groups in total. The van der Waals surface area contributed by atoms with Gasteiger partial charge in [0.05, 0.1) is 4.92 Å². The van der Waals surface area contributed by atoms with Crippen LogP contribution in [0.3, 0.4) is 0 Å². The van der Waals surface area contributed by atoms with Crippen LogP contribution in [-0.2, 0) is 11.0 Å². The molecule has 0 aromatic heterocycles. The number of fused-ring (bicyclic) bond motifs is 1. The number of benzene rings is 1. The highest BCUT2D eigenvalue weighted by atomic mass is 31.2. The second-order valence-electron chi connectivity index (χ2n) is 3.36. The van der Waals surface area contributed by atoms with E-state index in [-0.39, 0.29) is 10.6 Å². The molecule has 1 aliphatic rings. The van der Waals surface area contributed by atoms with E-state index in [9.17, 15) is 10.1 Å². The fraction of sp³-hybridized carbons (Fsp3) is 0.250. The summed E-state index contributed by atoms with van der Waals surface area (Å²) in [7, 11) is -4.14. The Kier molecular flexibility index (Phi) is 4.19. The molecule has 1 aliphatic heterocycles. The third-order valence-electron chi connectivity index (χ3n) is 2.01. The predicted octanol–water partition coefficient (Wildman–Crippen LogP) is 0.601. The van der Waals surface area contributed by atoms with Gasteiger partial charge >= 0.3 is 7.75 Å². The molecule has 2 rings (SSSR count). The van der Waals surface area contributed by atoms with Crippen LogP contribution in [0.1, 0.15) is 5.56 Å². The molecule has 0 bridgehead atoms. The van der Waals surface area contributed by atoms with Crippen LogP contribution in [-0.4, -0.2) is 21.3 Å². The lowest BCUT2D eigenvalue weighted by atomic mass is 10.1. The third-order valence-corrected chi connectivity index (χ3v) is 2.01. The monoisotopic (exact) mass is 261 g/mol. The van der Waals surface area contributed by atoms with Gasteiger partial charge in [-0.25, -0.2) is 10.1 Å². The van der Waals surface area contributed by atoms with Gasteiger partial charge in [-0.1, -0.05) is 0 Å². The molecule has 0 aliphatic carbocycles. The Bertz CT molecular complexity index is 464. The fourth-order valence-corrected chi connectivity index (χ4v) is 1.40. The van der Waals surface area contributed by atoms with Crippen molar-refractivity contribution in [1.82, 2.24) is 0 Å². The first-order valence-electron chi connectivity index (χ1n) is 4.62. The Morgan fingerprint density at radius 1 is 1.47 bits per heavy atom. The van der Waals surface area contributed by atoms with Crippen LogP contribution in [0.15, 0.2) is 18.2 Å². The van der Waals surface area contributed by atoms with Crippen LogP contribution in [0.4, 0.5) is 11.4 Å². The van der Waals surface area contributed by atoms with Gasteiger partial charge in [0.25, 0.3) is 5.69 Å². The average molecular weight is 261 g/mol. The molecule has 1 heterocycles. The molecule has 8 nitrogen and oxygen atoms in total. The highest BCUT2D eigenvalue weighted by Crippen LogP contribution is 2.25. The van der Waals surface area contributed by atoms with Crippen molar-refractivity contribution in [1.29, 1.82) is 0 Å². The molecule has 0 spiro atoms. The average Bonchev–Trinajstić information content (AvgIpc) is 2.60. The number of hydrogen-bond acceptors (Lipinski definition) is 4. The molecule has 0 unspecified atom stereocenters. The summed E-state index contributed by atoms with van der Waals surface area (Å²) in [6.45, 7) is 0.885. The van der Waals surface area contributed by atoms with Crippen molar-refractivity contribution in [3.8, 4) is 0 Å². The molecule has 1 aromatic rings. The number of nitro groups is 1. The van der Waals surface area contributed by atoms with E-state index in [1.54, 1.807) is 12.1 Å². The van der Waals surface area contributed by atoms with Gasteiger partial charge in [-0.15, -0.1) is 0 Å². The molecule has 0 atom stereocenters. The lowest BCUT2D eigenvalue weighted by molar-refractivity contribution is -0.384. The molecule has 0 radical (unpaired) electrons. The standard InChI is InChI=1S/C8H8N2O2.H4NO3P/c11-10(12)7-1-2-8-6(5-7)3-4-9-8;1-5(2,3)4/h1-2,5,9H,3-4H2;(H4,1,2,3,4). The number of nitrogens with one attached hydrogen (secondary N) is 1. The molecule has 0 amide bonds. The maximum atomic E-state index is 10.4. The minimum Gasteiger partial charge on any atom is -0.384 e. The van der Waals surface area contributed by atoms with Crippen molar-refractivity contribution >= 4 is 19.1 Å². The van der Waals surface area contributed by atoms with Crippen molar-refractivity contribution < 1.29 is 19.3 Å². The number of nitrogens with zero attached hydrogens (tertiary/aromatic N) is 1. The van der Waals surface area contributed by atoms with E-state index in [1.807, 2.05) is 0 Å². The van der Waals surface area contributed by atoms with Crippen LogP contribution in [0.25, 0.3) is 0 Å². The summed E-state index contributed by atoms with van der Waals surface area (Å²) in [6.07, 6.45) is 0.886. The van der Waals surface area contributed by atoms with Crippen molar-refractivity contribution in [3.63, 3.8) is 0 Å². The number of non-ortho nitro benzene ring substituents is 1. The fourth-order valence-electron chi connectivity index (χ4n) is 1.40. The van der Waals surface area contributed by atoms with Crippen LogP contribution in [0.5, 0.6) is 0 Å². The second kappa shape index (κ2) is 5.24. The number of nitro benzene ring substituents is 1. The van der Waals surface area contributed by atoms with E-state index in [0.717, 1.165) is 24.2 Å². The predicted molar refractivity (Wildman–Crippen MR) is 61.5 cm³/mol. The zero-order valence-electron chi connectivity index (χ0n) is 8.74. The summed E-state index contributed by atoms with van der Waals surface area (Å²) in [5, 5.41) is 13.5. The zero-order valence-corrected chi connectivity index (χ0v) is 9.63. The van der Waals surface area contributed by atoms with Crippen molar-refractivity contribution in [3.05, 3.63) is 33.9 Å². The summed E-state index contributed by atoms with van der Waals surface area (Å²) >= 11 is 0. The summed E-state index contributed by atoms with van der Waals surface area (Å²) < 4.78 is 9.10. The van der Waals surface area contributed by atoms with Gasteiger partial charge in [-0.05, 0) is 18.1 Å². The van der Waals surface area contributed by atoms with Gasteiger partial charge in [-0.2, -0.15) is 0 Å². The highest BCUT2D eigenvalue weighted by molar-refractivity contribution is 7.49. The summed E-state index contributed by atoms with van der Waals surface area (Å²) in [6, 6.07) is 4.92. The lowest BCUT2D eigenvalue weighted by Crippen LogP contribution is -1.90. The molecule has 0 saturated carbocycles. The quantitative estimate of drug-likeness (QED) is 0.329. The molecular weight excluding hydrogens is 249 g/mol. The molecule has 9 heteroatoms. The first-order valence-corrected chi connectivity index (χ1v) is 6.31. The first kappa shape index (κ1) is 13.6. The zero-order chi connectivity index (χ0) is 13.1. The molecule has 1 aromatic carbocycles. The van der Waals surface area contributed by atoms with E-state index in [1.165, 1.54) is 6.07 Å². The van der Waals surface area contributed by atoms with Crippen LogP contribution in [0, 0.1) is 10.1 Å². The molecule has 0 saturated heterocycles. The van der Waals surface area contributed by atoms with Crippen molar-refractivity contribution in [2.45, 2.75) is 6.42 Å². The van der Waals surface area contributed by atoms with Crippen molar-refractivity contribution in [2.75, 3.05) is 11.9 Å². The Morgan fingerprint density at radius 2 is 2.06 bits per heavy atom. The van der Waals surface area contributed by atoms with E-state index in [0.29, 0.717) is 0 Å². The SMILES string of the molecule is NP(=O)(O)O.O=[N+]([O-])c1ccc2c(c1)CCN2. The normalized spacial score (nSPS) is 13.1. The molecule has 94 valence electrons. The van der Waals surface area contributed by atoms with Crippen LogP contribution in [0.2, 0.25) is 0 Å². The Balaban J connectivity index is 0.000000249. The smallest absolute Gasteiger partial charge is 0.384 e. The number of hydrogen-bond donors (Lipinski definition) is 4. The third kappa shape index (κ3) is 4.92. The van der Waals surface area contributed by atoms with E-state index >= 15 is 0 Å². The molecule has 0 fully saturated rings. The topological polar surface area (TPSA) is 139 Å². The van der Waals surface area contributed by atoms with Crippen molar-refractivity contribution in [2.24, 2.45) is 5.50 Å². The molecular formula is C8H12N3O5P. The van der Waals surface area contributed by atoms with E-state index in [4.69, 9.17) is 14.4 Å². The van der Waals surface area contributed by atoms with Gasteiger partial charge in [0.2, 0.25) is 0 Å². The number of rotatable bonds is 1. The summed E-state index contributed by atoms with van der Waals surface area (Å²) in [5.41, 5.74) is 6.27. The van der Waals surface area contributed by atoms with E-state index in [2.05, 4.69) is 10.8 Å². The van der Waals surface area contributed by atoms with Gasteiger partial charge in [0.1, 0.15) is 0 Å². The maximum Gasteiger partial charge on any atom is 0.397 e. The highest BCUT2D eigenvalue weighted by Gasteiger charge is 2.13. The molecule has 17 heavy (non-hydrogen) atoms. The Hall–Kier alpha value is -1.47. The largest absolute Gasteiger partial charge is 0.397 e. The summed E-state index contributed by atoms with van der Waals surface area (Å²) in [4.78, 5) is 24.8. The second-order valence-corrected chi connectivity index (χ2v) is 4.54. The minimum absolute atomic E-state index is 0.178. The van der Waals surface area contributed by atoms with Crippen LogP contribution < -0.4 is 10.8 Å². The lowest BCUT2D eigenvalue weighted by Gasteiger charge is -1.97. The van der Waals surface area contributed by atoms with Gasteiger partial charge in [0, 0.05) is 24.4 Å². The maximum absolute atomic E-state index is 10.4. The number of nitrogens with two attached hydrogens (primary N) is 1. The summed E-state index contributed by atoms with van der Waals surface area (Å²) in [5.74, 6) is 0. The Labute approximate surface area is 96.8 Å². The van der Waals surface area contributed by atoms with Gasteiger partial charge < -0.3 is 15.1 Å². The number of anilines is 1. The van der Waals surface area contributed by atoms with Crippen LogP contribution >= 0.6 is 7.75 Å². The minimum atomic E-state index is -4.14. The van der Waals surface area contributed by atoms with E-state index < -0.39 is 7.75 Å². The van der Waals surface area contributed by atoms with Gasteiger partial charge in [0.15, 0.2) is 0 Å². The first-order chi connectivity index (χ1) is 7.77.